The van der Waals surface area contributed by atoms with E-state index in [4.69, 9.17) is 21.1 Å². The van der Waals surface area contributed by atoms with E-state index < -0.39 is 0 Å². The van der Waals surface area contributed by atoms with Gasteiger partial charge in [-0.1, -0.05) is 17.7 Å². The minimum atomic E-state index is -0.120. The quantitative estimate of drug-likeness (QED) is 0.679. The first-order valence-electron chi connectivity index (χ1n) is 6.77. The number of aryl methyl sites for hydroxylation is 1. The average molecular weight is 316 g/mol. The molecule has 0 spiro atoms. The highest BCUT2D eigenvalue weighted by molar-refractivity contribution is 6.30. The molecule has 4 nitrogen and oxygen atoms in total. The molecule has 2 aromatic carbocycles. The van der Waals surface area contributed by atoms with Gasteiger partial charge in [-0.15, -0.1) is 0 Å². The molecule has 5 heteroatoms. The fourth-order valence-electron chi connectivity index (χ4n) is 2.10. The van der Waals surface area contributed by atoms with Crippen LogP contribution in [0.5, 0.6) is 11.5 Å². The molecule has 1 aliphatic rings. The third-order valence-corrected chi connectivity index (χ3v) is 3.57. The Morgan fingerprint density at radius 1 is 1.18 bits per heavy atom. The van der Waals surface area contributed by atoms with Crippen LogP contribution in [0, 0.1) is 6.92 Å². The number of carbonyl (C=O) groups excluding carboxylic acids is 1. The number of hydrogen-bond donors (Lipinski definition) is 1. The monoisotopic (exact) mass is 315 g/mol. The zero-order chi connectivity index (χ0) is 15.5. The molecule has 1 N–H and O–H groups in total. The van der Waals surface area contributed by atoms with Crippen LogP contribution in [0.15, 0.2) is 48.7 Å². The van der Waals surface area contributed by atoms with Gasteiger partial charge in [-0.05, 0) is 42.8 Å². The Labute approximate surface area is 133 Å². The smallest absolute Gasteiger partial charge is 0.231 e. The summed E-state index contributed by atoms with van der Waals surface area (Å²) >= 11 is 5.95. The standard InChI is InChI=1S/C17H14ClNO3/c1-11-2-4-13(18)9-14(11)19-7-6-15(20)12-3-5-16-17(8-12)22-10-21-16/h2-9,19H,10H2,1H3. The third-order valence-electron chi connectivity index (χ3n) is 3.33. The summed E-state index contributed by atoms with van der Waals surface area (Å²) in [5, 5.41) is 3.71. The maximum Gasteiger partial charge on any atom is 0.231 e. The van der Waals surface area contributed by atoms with E-state index >= 15 is 0 Å². The van der Waals surface area contributed by atoms with E-state index in [0.29, 0.717) is 22.1 Å². The molecule has 1 aliphatic heterocycles. The molecule has 0 fully saturated rings. The number of rotatable bonds is 4. The summed E-state index contributed by atoms with van der Waals surface area (Å²) in [4.78, 5) is 12.1. The topological polar surface area (TPSA) is 47.6 Å². The Kier molecular flexibility index (Phi) is 4.02. The summed E-state index contributed by atoms with van der Waals surface area (Å²) in [6.45, 7) is 2.16. The summed E-state index contributed by atoms with van der Waals surface area (Å²) in [6, 6.07) is 10.7. The second kappa shape index (κ2) is 6.12. The summed E-state index contributed by atoms with van der Waals surface area (Å²) in [7, 11) is 0. The lowest BCUT2D eigenvalue weighted by Crippen LogP contribution is -1.97. The first-order valence-corrected chi connectivity index (χ1v) is 7.14. The lowest BCUT2D eigenvalue weighted by atomic mass is 10.1. The minimum absolute atomic E-state index is 0.120. The zero-order valence-electron chi connectivity index (χ0n) is 11.9. The molecule has 0 saturated heterocycles. The normalized spacial score (nSPS) is 12.6. The molecule has 0 aromatic heterocycles. The molecule has 22 heavy (non-hydrogen) atoms. The van der Waals surface area contributed by atoms with Gasteiger partial charge in [0.05, 0.1) is 0 Å². The van der Waals surface area contributed by atoms with E-state index in [1.54, 1.807) is 24.4 Å². The molecule has 0 amide bonds. The number of ether oxygens (including phenoxy) is 2. The van der Waals surface area contributed by atoms with E-state index in [9.17, 15) is 4.79 Å². The van der Waals surface area contributed by atoms with Crippen molar-refractivity contribution in [3.05, 3.63) is 64.8 Å². The van der Waals surface area contributed by atoms with Gasteiger partial charge in [0.1, 0.15) is 0 Å². The van der Waals surface area contributed by atoms with Crippen molar-refractivity contribution in [2.45, 2.75) is 6.92 Å². The van der Waals surface area contributed by atoms with Crippen LogP contribution in [-0.4, -0.2) is 12.6 Å². The highest BCUT2D eigenvalue weighted by Gasteiger charge is 2.14. The molecular weight excluding hydrogens is 302 g/mol. The van der Waals surface area contributed by atoms with E-state index in [-0.39, 0.29) is 12.6 Å². The zero-order valence-corrected chi connectivity index (χ0v) is 12.7. The fraction of sp³-hybridized carbons (Fsp3) is 0.118. The predicted octanol–water partition coefficient (Wildman–Crippen LogP) is 4.19. The third kappa shape index (κ3) is 3.07. The van der Waals surface area contributed by atoms with Crippen LogP contribution < -0.4 is 14.8 Å². The Morgan fingerprint density at radius 3 is 2.86 bits per heavy atom. The number of fused-ring (bicyclic) bond motifs is 1. The van der Waals surface area contributed by atoms with Crippen molar-refractivity contribution in [1.82, 2.24) is 0 Å². The number of carbonyl (C=O) groups is 1. The largest absolute Gasteiger partial charge is 0.454 e. The van der Waals surface area contributed by atoms with Gasteiger partial charge in [0.15, 0.2) is 17.3 Å². The van der Waals surface area contributed by atoms with Gasteiger partial charge in [-0.25, -0.2) is 0 Å². The molecule has 0 unspecified atom stereocenters. The summed E-state index contributed by atoms with van der Waals surface area (Å²) in [5.41, 5.74) is 2.46. The summed E-state index contributed by atoms with van der Waals surface area (Å²) < 4.78 is 10.5. The molecule has 1 heterocycles. The second-order valence-corrected chi connectivity index (χ2v) is 5.31. The molecule has 112 valence electrons. The van der Waals surface area contributed by atoms with E-state index in [0.717, 1.165) is 11.3 Å². The second-order valence-electron chi connectivity index (χ2n) is 4.87. The Hall–Kier alpha value is -2.46. The summed E-state index contributed by atoms with van der Waals surface area (Å²) in [5.74, 6) is 1.14. The first kappa shape index (κ1) is 14.5. The van der Waals surface area contributed by atoms with Crippen LogP contribution in [0.4, 0.5) is 5.69 Å². The van der Waals surface area contributed by atoms with E-state index in [1.807, 2.05) is 25.1 Å². The molecule has 3 rings (SSSR count). The van der Waals surface area contributed by atoms with Crippen molar-refractivity contribution in [3.63, 3.8) is 0 Å². The Bertz CT molecular complexity index is 756. The van der Waals surface area contributed by atoms with Crippen molar-refractivity contribution in [1.29, 1.82) is 0 Å². The van der Waals surface area contributed by atoms with E-state index in [1.165, 1.54) is 6.08 Å². The van der Waals surface area contributed by atoms with Crippen molar-refractivity contribution in [2.24, 2.45) is 0 Å². The molecular formula is C17H14ClNO3. The SMILES string of the molecule is Cc1ccc(Cl)cc1NC=CC(=O)c1ccc2c(c1)OCO2. The average Bonchev–Trinajstić information content (AvgIpc) is 2.98. The van der Waals surface area contributed by atoms with Crippen LogP contribution >= 0.6 is 11.6 Å². The van der Waals surface area contributed by atoms with Crippen LogP contribution in [0.3, 0.4) is 0 Å². The maximum atomic E-state index is 12.1. The van der Waals surface area contributed by atoms with Gasteiger partial charge in [0.2, 0.25) is 6.79 Å². The van der Waals surface area contributed by atoms with Crippen molar-refractivity contribution in [3.8, 4) is 11.5 Å². The molecule has 0 aliphatic carbocycles. The summed E-state index contributed by atoms with van der Waals surface area (Å²) in [6.07, 6.45) is 3.07. The lowest BCUT2D eigenvalue weighted by molar-refractivity contribution is 0.104. The highest BCUT2D eigenvalue weighted by Crippen LogP contribution is 2.32. The van der Waals surface area contributed by atoms with Crippen molar-refractivity contribution in [2.75, 3.05) is 12.1 Å². The van der Waals surface area contributed by atoms with Gasteiger partial charge < -0.3 is 14.8 Å². The van der Waals surface area contributed by atoms with Gasteiger partial charge in [0.25, 0.3) is 0 Å². The van der Waals surface area contributed by atoms with Gasteiger partial charge in [-0.3, -0.25) is 4.79 Å². The molecule has 0 bridgehead atoms. The fourth-order valence-corrected chi connectivity index (χ4v) is 2.27. The predicted molar refractivity (Wildman–Crippen MR) is 85.8 cm³/mol. The Morgan fingerprint density at radius 2 is 2.00 bits per heavy atom. The van der Waals surface area contributed by atoms with E-state index in [2.05, 4.69) is 5.32 Å². The van der Waals surface area contributed by atoms with Gasteiger partial charge >= 0.3 is 0 Å². The maximum absolute atomic E-state index is 12.1. The highest BCUT2D eigenvalue weighted by atomic mass is 35.5. The van der Waals surface area contributed by atoms with Crippen LogP contribution in [0.25, 0.3) is 0 Å². The first-order chi connectivity index (χ1) is 10.6. The molecule has 0 atom stereocenters. The number of hydrogen-bond acceptors (Lipinski definition) is 4. The molecule has 2 aromatic rings. The number of halogens is 1. The number of allylic oxidation sites excluding steroid dienone is 1. The number of ketones is 1. The van der Waals surface area contributed by atoms with Crippen LogP contribution in [0.1, 0.15) is 15.9 Å². The van der Waals surface area contributed by atoms with Crippen molar-refractivity contribution >= 4 is 23.1 Å². The molecule has 0 saturated carbocycles. The molecule has 0 radical (unpaired) electrons. The van der Waals surface area contributed by atoms with Gasteiger partial charge in [0, 0.05) is 28.5 Å². The van der Waals surface area contributed by atoms with Crippen molar-refractivity contribution < 1.29 is 14.3 Å². The van der Waals surface area contributed by atoms with Gasteiger partial charge in [-0.2, -0.15) is 0 Å². The number of anilines is 1. The lowest BCUT2D eigenvalue weighted by Gasteiger charge is -2.05. The number of nitrogens with one attached hydrogen (secondary N) is 1. The minimum Gasteiger partial charge on any atom is -0.454 e. The number of benzene rings is 2. The van der Waals surface area contributed by atoms with Crippen LogP contribution in [-0.2, 0) is 0 Å². The Balaban J connectivity index is 1.70. The van der Waals surface area contributed by atoms with Crippen LogP contribution in [0.2, 0.25) is 5.02 Å².